The van der Waals surface area contributed by atoms with Crippen molar-refractivity contribution in [2.45, 2.75) is 31.1 Å². The van der Waals surface area contributed by atoms with Crippen LogP contribution in [0.4, 0.5) is 0 Å². The molecule has 110 valence electrons. The number of aliphatic hydroxyl groups excluding tert-OH is 2. The lowest BCUT2D eigenvalue weighted by atomic mass is 10.2. The molecule has 1 fully saturated rings. The first-order chi connectivity index (χ1) is 10.1. The molecule has 0 radical (unpaired) electrons. The summed E-state index contributed by atoms with van der Waals surface area (Å²) in [5.41, 5.74) is 1.31. The third-order valence-corrected chi connectivity index (χ3v) is 4.55. The van der Waals surface area contributed by atoms with Gasteiger partial charge in [-0.1, -0.05) is 30.3 Å². The van der Waals surface area contributed by atoms with Crippen molar-refractivity contribution in [2.75, 3.05) is 0 Å². The van der Waals surface area contributed by atoms with E-state index in [0.717, 1.165) is 10.6 Å². The lowest BCUT2D eigenvalue weighted by Gasteiger charge is -2.17. The summed E-state index contributed by atoms with van der Waals surface area (Å²) < 4.78 is 0. The van der Waals surface area contributed by atoms with E-state index in [-0.39, 0.29) is 5.91 Å². The Morgan fingerprint density at radius 1 is 1.24 bits per heavy atom. The van der Waals surface area contributed by atoms with Gasteiger partial charge in [-0.2, -0.15) is 0 Å². The molecule has 1 heterocycles. The Morgan fingerprint density at radius 3 is 2.67 bits per heavy atom. The number of hydrogen-bond donors (Lipinski definition) is 3. The van der Waals surface area contributed by atoms with E-state index >= 15 is 0 Å². The van der Waals surface area contributed by atoms with Crippen LogP contribution < -0.4 is 5.32 Å². The highest BCUT2D eigenvalue weighted by Gasteiger charge is 2.34. The Kier molecular flexibility index (Phi) is 4.01. The van der Waals surface area contributed by atoms with Crippen molar-refractivity contribution in [3.05, 3.63) is 41.4 Å². The van der Waals surface area contributed by atoms with Crippen LogP contribution in [-0.2, 0) is 0 Å². The molecule has 0 saturated heterocycles. The molecule has 0 bridgehead atoms. The number of nitrogens with zero attached hydrogens (tertiary/aromatic N) is 1. The maximum atomic E-state index is 12.1. The van der Waals surface area contributed by atoms with Gasteiger partial charge in [-0.05, 0) is 12.8 Å². The number of carbonyl (C=O) groups is 1. The molecule has 0 aliphatic heterocycles. The van der Waals surface area contributed by atoms with Crippen molar-refractivity contribution in [3.63, 3.8) is 0 Å². The lowest BCUT2D eigenvalue weighted by molar-refractivity contribution is 0.0296. The summed E-state index contributed by atoms with van der Waals surface area (Å²) in [6.45, 7) is 0. The predicted molar refractivity (Wildman–Crippen MR) is 80.1 cm³/mol. The van der Waals surface area contributed by atoms with Gasteiger partial charge in [0, 0.05) is 10.9 Å². The molecule has 1 aromatic carbocycles. The smallest absolute Gasteiger partial charge is 0.271 e. The molecule has 3 N–H and O–H groups in total. The van der Waals surface area contributed by atoms with E-state index in [1.165, 1.54) is 11.3 Å². The standard InChI is InChI=1S/C15H16N2O3S/c18-12-7-6-10(13(12)19)16-14(20)11-8-21-15(17-11)9-4-2-1-3-5-9/h1-5,8,10,12-13,18-19H,6-7H2,(H,16,20)/t10-,12-,13-/m1/s1. The van der Waals surface area contributed by atoms with Gasteiger partial charge >= 0.3 is 0 Å². The van der Waals surface area contributed by atoms with Crippen molar-refractivity contribution < 1.29 is 15.0 Å². The SMILES string of the molecule is O=C(N[C@@H]1CC[C@@H](O)[C@@H]1O)c1csc(-c2ccccc2)n1. The summed E-state index contributed by atoms with van der Waals surface area (Å²) in [5, 5.41) is 24.5. The zero-order valence-electron chi connectivity index (χ0n) is 11.3. The highest BCUT2D eigenvalue weighted by molar-refractivity contribution is 7.13. The van der Waals surface area contributed by atoms with E-state index in [4.69, 9.17) is 0 Å². The van der Waals surface area contributed by atoms with Gasteiger partial charge < -0.3 is 15.5 Å². The number of amides is 1. The molecule has 1 aliphatic carbocycles. The van der Waals surface area contributed by atoms with Gasteiger partial charge in [0.2, 0.25) is 0 Å². The highest BCUT2D eigenvalue weighted by Crippen LogP contribution is 2.24. The molecule has 1 aromatic heterocycles. The fraction of sp³-hybridized carbons (Fsp3) is 0.333. The van der Waals surface area contributed by atoms with Gasteiger partial charge in [0.1, 0.15) is 16.8 Å². The van der Waals surface area contributed by atoms with Crippen molar-refractivity contribution >= 4 is 17.2 Å². The largest absolute Gasteiger partial charge is 0.390 e. The first-order valence-electron chi connectivity index (χ1n) is 6.83. The summed E-state index contributed by atoms with van der Waals surface area (Å²) in [6.07, 6.45) is -0.589. The fourth-order valence-corrected chi connectivity index (χ4v) is 3.26. The predicted octanol–water partition coefficient (Wildman–Crippen LogP) is 1.42. The molecule has 2 aromatic rings. The average molecular weight is 304 g/mol. The molecule has 0 spiro atoms. The Hall–Kier alpha value is -1.76. The van der Waals surface area contributed by atoms with Crippen molar-refractivity contribution in [3.8, 4) is 10.6 Å². The van der Waals surface area contributed by atoms with Crippen LogP contribution in [0.3, 0.4) is 0 Å². The summed E-state index contributed by atoms with van der Waals surface area (Å²) in [4.78, 5) is 16.5. The van der Waals surface area contributed by atoms with Crippen LogP contribution in [0.5, 0.6) is 0 Å². The highest BCUT2D eigenvalue weighted by atomic mass is 32.1. The van der Waals surface area contributed by atoms with Crippen molar-refractivity contribution in [1.82, 2.24) is 10.3 Å². The topological polar surface area (TPSA) is 82.5 Å². The minimum absolute atomic E-state index is 0.313. The van der Waals surface area contributed by atoms with Gasteiger partial charge in [-0.25, -0.2) is 4.98 Å². The number of aromatic nitrogens is 1. The van der Waals surface area contributed by atoms with Crippen LogP contribution in [-0.4, -0.2) is 39.4 Å². The second-order valence-corrected chi connectivity index (χ2v) is 5.98. The number of hydrogen-bond acceptors (Lipinski definition) is 5. The zero-order chi connectivity index (χ0) is 14.8. The summed E-state index contributed by atoms with van der Waals surface area (Å²) in [7, 11) is 0. The number of rotatable bonds is 3. The third kappa shape index (κ3) is 2.97. The van der Waals surface area contributed by atoms with E-state index in [9.17, 15) is 15.0 Å². The minimum atomic E-state index is -0.902. The van der Waals surface area contributed by atoms with Crippen molar-refractivity contribution in [2.24, 2.45) is 0 Å². The average Bonchev–Trinajstić information content (AvgIpc) is 3.11. The molecule has 0 unspecified atom stereocenters. The zero-order valence-corrected chi connectivity index (χ0v) is 12.1. The van der Waals surface area contributed by atoms with E-state index in [0.29, 0.717) is 18.5 Å². The van der Waals surface area contributed by atoms with Gasteiger partial charge in [-0.15, -0.1) is 11.3 Å². The maximum absolute atomic E-state index is 12.1. The van der Waals surface area contributed by atoms with Gasteiger partial charge in [0.15, 0.2) is 0 Å². The Balaban J connectivity index is 1.70. The Morgan fingerprint density at radius 2 is 2.00 bits per heavy atom. The van der Waals surface area contributed by atoms with Crippen LogP contribution in [0, 0.1) is 0 Å². The Bertz CT molecular complexity index is 629. The summed E-state index contributed by atoms with van der Waals surface area (Å²) in [6, 6.07) is 9.25. The number of nitrogens with one attached hydrogen (secondary N) is 1. The van der Waals surface area contributed by atoms with Gasteiger partial charge in [-0.3, -0.25) is 4.79 Å². The molecule has 21 heavy (non-hydrogen) atoms. The van der Waals surface area contributed by atoms with Crippen LogP contribution in [0.2, 0.25) is 0 Å². The monoisotopic (exact) mass is 304 g/mol. The van der Waals surface area contributed by atoms with Crippen molar-refractivity contribution in [1.29, 1.82) is 0 Å². The van der Waals surface area contributed by atoms with Crippen LogP contribution in [0.25, 0.3) is 10.6 Å². The number of carbonyl (C=O) groups excluding carboxylic acids is 1. The molecule has 1 aliphatic rings. The second-order valence-electron chi connectivity index (χ2n) is 5.12. The molecule has 5 nitrogen and oxygen atoms in total. The molecular formula is C15H16N2O3S. The summed E-state index contributed by atoms with van der Waals surface area (Å²) >= 11 is 1.41. The van der Waals surface area contributed by atoms with E-state index in [1.807, 2.05) is 30.3 Å². The maximum Gasteiger partial charge on any atom is 0.271 e. The quantitative estimate of drug-likeness (QED) is 0.801. The third-order valence-electron chi connectivity index (χ3n) is 3.65. The number of thiazole rings is 1. The second kappa shape index (κ2) is 5.93. The van der Waals surface area contributed by atoms with E-state index in [1.54, 1.807) is 5.38 Å². The van der Waals surface area contributed by atoms with E-state index in [2.05, 4.69) is 10.3 Å². The van der Waals surface area contributed by atoms with Crippen LogP contribution >= 0.6 is 11.3 Å². The molecule has 3 atom stereocenters. The normalized spacial score (nSPS) is 25.0. The Labute approximate surface area is 126 Å². The number of aliphatic hydroxyl groups is 2. The molecule has 3 rings (SSSR count). The molecular weight excluding hydrogens is 288 g/mol. The lowest BCUT2D eigenvalue weighted by Crippen LogP contribution is -2.43. The van der Waals surface area contributed by atoms with Crippen LogP contribution in [0.1, 0.15) is 23.3 Å². The first kappa shape index (κ1) is 14.2. The first-order valence-corrected chi connectivity index (χ1v) is 7.71. The van der Waals surface area contributed by atoms with Crippen LogP contribution in [0.15, 0.2) is 35.7 Å². The van der Waals surface area contributed by atoms with E-state index < -0.39 is 18.2 Å². The summed E-state index contributed by atoms with van der Waals surface area (Å²) in [5.74, 6) is -0.313. The fourth-order valence-electron chi connectivity index (χ4n) is 2.45. The number of benzene rings is 1. The minimum Gasteiger partial charge on any atom is -0.390 e. The molecule has 6 heteroatoms. The van der Waals surface area contributed by atoms with Gasteiger partial charge in [0.25, 0.3) is 5.91 Å². The van der Waals surface area contributed by atoms with Gasteiger partial charge in [0.05, 0.1) is 12.1 Å². The molecule has 1 amide bonds. The molecule has 1 saturated carbocycles.